The van der Waals surface area contributed by atoms with E-state index in [0.717, 1.165) is 71.1 Å². The van der Waals surface area contributed by atoms with Crippen LogP contribution in [0.5, 0.6) is 0 Å². The van der Waals surface area contributed by atoms with Crippen LogP contribution in [-0.2, 0) is 22.6 Å². The van der Waals surface area contributed by atoms with Crippen LogP contribution in [0.4, 0.5) is 0 Å². The topological polar surface area (TPSA) is 40.6 Å². The van der Waals surface area contributed by atoms with Crippen molar-refractivity contribution in [1.29, 1.82) is 0 Å². The van der Waals surface area contributed by atoms with Crippen LogP contribution in [0.15, 0.2) is 36.4 Å². The van der Waals surface area contributed by atoms with Gasteiger partial charge in [0.2, 0.25) is 11.8 Å². The molecule has 0 radical (unpaired) electrons. The number of likely N-dealkylation sites (tertiary alicyclic amines) is 1. The van der Waals surface area contributed by atoms with Gasteiger partial charge in [-0.3, -0.25) is 9.59 Å². The van der Waals surface area contributed by atoms with E-state index in [1.54, 1.807) is 0 Å². The smallest absolute Gasteiger partial charge is 0.226 e. The second-order valence-electron chi connectivity index (χ2n) is 8.62. The van der Waals surface area contributed by atoms with Gasteiger partial charge in [0.15, 0.2) is 0 Å². The minimum Gasteiger partial charge on any atom is -0.342 e. The maximum Gasteiger partial charge on any atom is 0.226 e. The van der Waals surface area contributed by atoms with E-state index >= 15 is 0 Å². The van der Waals surface area contributed by atoms with Crippen molar-refractivity contribution in [1.82, 2.24) is 9.80 Å². The van der Waals surface area contributed by atoms with Crippen LogP contribution in [-0.4, -0.2) is 41.2 Å². The lowest BCUT2D eigenvalue weighted by atomic mass is 9.89. The second-order valence-corrected chi connectivity index (χ2v) is 8.62. The van der Waals surface area contributed by atoms with Crippen molar-refractivity contribution in [3.05, 3.63) is 47.5 Å². The number of carbonyl (C=O) groups excluding carboxylic acids is 2. The Morgan fingerprint density at radius 1 is 0.929 bits per heavy atom. The Morgan fingerprint density at radius 2 is 1.71 bits per heavy atom. The van der Waals surface area contributed by atoms with Gasteiger partial charge in [0.25, 0.3) is 0 Å². The minimum absolute atomic E-state index is 0.199. The third-order valence-corrected chi connectivity index (χ3v) is 6.79. The predicted octanol–water partition coefficient (Wildman–Crippen LogP) is 3.95. The first kappa shape index (κ1) is 19.2. The number of benzene rings is 1. The lowest BCUT2D eigenvalue weighted by molar-refractivity contribution is -0.137. The molecule has 150 valence electrons. The largest absolute Gasteiger partial charge is 0.342 e. The molecule has 1 aromatic rings. The molecule has 4 nitrogen and oxygen atoms in total. The van der Waals surface area contributed by atoms with Crippen LogP contribution in [0.1, 0.15) is 56.1 Å². The van der Waals surface area contributed by atoms with Gasteiger partial charge in [0.05, 0.1) is 0 Å². The summed E-state index contributed by atoms with van der Waals surface area (Å²) in [5.74, 6) is 1.43. The van der Waals surface area contributed by atoms with Crippen molar-refractivity contribution in [2.75, 3.05) is 19.6 Å². The van der Waals surface area contributed by atoms with Crippen molar-refractivity contribution in [2.24, 2.45) is 11.8 Å². The molecule has 4 rings (SSSR count). The van der Waals surface area contributed by atoms with E-state index in [2.05, 4.69) is 41.3 Å². The highest BCUT2D eigenvalue weighted by atomic mass is 16.2. The molecule has 1 aliphatic carbocycles. The second kappa shape index (κ2) is 8.93. The summed E-state index contributed by atoms with van der Waals surface area (Å²) in [5, 5.41) is 0. The van der Waals surface area contributed by atoms with Gasteiger partial charge in [-0.2, -0.15) is 0 Å². The molecule has 0 spiro atoms. The van der Waals surface area contributed by atoms with E-state index in [1.165, 1.54) is 11.1 Å². The first-order valence-corrected chi connectivity index (χ1v) is 11.0. The molecule has 0 saturated carbocycles. The van der Waals surface area contributed by atoms with E-state index in [-0.39, 0.29) is 5.92 Å². The molecular formula is C24H32N2O2. The average Bonchev–Trinajstić information content (AvgIpc) is 2.77. The maximum atomic E-state index is 12.7. The fourth-order valence-corrected chi connectivity index (χ4v) is 4.91. The van der Waals surface area contributed by atoms with Gasteiger partial charge in [0, 0.05) is 38.5 Å². The summed E-state index contributed by atoms with van der Waals surface area (Å²) in [6.07, 6.45) is 12.0. The van der Waals surface area contributed by atoms with Crippen LogP contribution in [0, 0.1) is 11.8 Å². The van der Waals surface area contributed by atoms with E-state index in [4.69, 9.17) is 0 Å². The number of amides is 2. The summed E-state index contributed by atoms with van der Waals surface area (Å²) in [5.41, 5.74) is 2.68. The van der Waals surface area contributed by atoms with Gasteiger partial charge in [-0.15, -0.1) is 0 Å². The Hall–Kier alpha value is -2.10. The molecule has 1 saturated heterocycles. The van der Waals surface area contributed by atoms with Crippen molar-refractivity contribution in [3.8, 4) is 0 Å². The number of rotatable bonds is 4. The molecule has 3 aliphatic rings. The summed E-state index contributed by atoms with van der Waals surface area (Å²) in [6, 6.07) is 8.46. The number of fused-ring (bicyclic) bond motifs is 1. The molecule has 1 unspecified atom stereocenters. The Labute approximate surface area is 168 Å². The zero-order valence-electron chi connectivity index (χ0n) is 16.8. The van der Waals surface area contributed by atoms with Gasteiger partial charge < -0.3 is 9.80 Å². The quantitative estimate of drug-likeness (QED) is 0.742. The van der Waals surface area contributed by atoms with Crippen molar-refractivity contribution in [2.45, 2.75) is 57.9 Å². The van der Waals surface area contributed by atoms with E-state index in [0.29, 0.717) is 24.2 Å². The number of hydrogen-bond acceptors (Lipinski definition) is 2. The molecule has 1 fully saturated rings. The number of nitrogens with zero attached hydrogens (tertiary/aromatic N) is 2. The Bertz CT molecular complexity index is 734. The molecule has 0 N–H and O–H groups in total. The van der Waals surface area contributed by atoms with Crippen molar-refractivity contribution < 1.29 is 9.59 Å². The van der Waals surface area contributed by atoms with Crippen LogP contribution in [0.3, 0.4) is 0 Å². The molecule has 0 aromatic heterocycles. The van der Waals surface area contributed by atoms with Crippen molar-refractivity contribution >= 4 is 11.8 Å². The molecule has 1 aromatic carbocycles. The normalized spacial score (nSPS) is 22.8. The number of piperidine rings is 1. The highest BCUT2D eigenvalue weighted by Gasteiger charge is 2.29. The summed E-state index contributed by atoms with van der Waals surface area (Å²) in [4.78, 5) is 29.4. The van der Waals surface area contributed by atoms with Crippen molar-refractivity contribution in [3.63, 3.8) is 0 Å². The Balaban J connectivity index is 1.20. The minimum atomic E-state index is 0.199. The van der Waals surface area contributed by atoms with Gasteiger partial charge in [-0.05, 0) is 62.0 Å². The zero-order valence-corrected chi connectivity index (χ0v) is 16.8. The first-order chi connectivity index (χ1) is 13.7. The molecule has 2 amide bonds. The summed E-state index contributed by atoms with van der Waals surface area (Å²) in [6.45, 7) is 3.35. The molecule has 2 aliphatic heterocycles. The average molecular weight is 381 g/mol. The lowest BCUT2D eigenvalue weighted by Gasteiger charge is -2.35. The number of carbonyl (C=O) groups is 2. The van der Waals surface area contributed by atoms with E-state index in [1.807, 2.05) is 4.90 Å². The van der Waals surface area contributed by atoms with Crippen LogP contribution in [0.2, 0.25) is 0 Å². The Kier molecular flexibility index (Phi) is 6.13. The summed E-state index contributed by atoms with van der Waals surface area (Å²) >= 11 is 0. The molecule has 2 heterocycles. The van der Waals surface area contributed by atoms with E-state index in [9.17, 15) is 9.59 Å². The fourth-order valence-electron chi connectivity index (χ4n) is 4.91. The lowest BCUT2D eigenvalue weighted by Crippen LogP contribution is -2.42. The maximum absolute atomic E-state index is 12.7. The molecule has 1 atom stereocenters. The zero-order chi connectivity index (χ0) is 19.3. The fraction of sp³-hybridized carbons (Fsp3) is 0.583. The molecule has 4 heteroatoms. The standard InChI is InChI=1S/C24H32N2O2/c27-23(26-17-14-20-6-4-5-9-22(20)18-26)11-10-19-12-15-25(16-13-19)24(28)21-7-2-1-3-8-21/h1-2,4-6,9,19,21H,3,7-8,10-18H2. The van der Waals surface area contributed by atoms with Crippen LogP contribution in [0.25, 0.3) is 0 Å². The van der Waals surface area contributed by atoms with Gasteiger partial charge in [0.1, 0.15) is 0 Å². The van der Waals surface area contributed by atoms with Crippen LogP contribution < -0.4 is 0 Å². The molecular weight excluding hydrogens is 348 g/mol. The van der Waals surface area contributed by atoms with E-state index < -0.39 is 0 Å². The van der Waals surface area contributed by atoms with Gasteiger partial charge >= 0.3 is 0 Å². The Morgan fingerprint density at radius 3 is 2.46 bits per heavy atom. The van der Waals surface area contributed by atoms with Gasteiger partial charge in [-0.25, -0.2) is 0 Å². The number of hydrogen-bond donors (Lipinski definition) is 0. The highest BCUT2D eigenvalue weighted by molar-refractivity contribution is 5.79. The monoisotopic (exact) mass is 380 g/mol. The third-order valence-electron chi connectivity index (χ3n) is 6.79. The number of allylic oxidation sites excluding steroid dienone is 2. The van der Waals surface area contributed by atoms with Crippen LogP contribution >= 0.6 is 0 Å². The summed E-state index contributed by atoms with van der Waals surface area (Å²) < 4.78 is 0. The van der Waals surface area contributed by atoms with Gasteiger partial charge in [-0.1, -0.05) is 36.4 Å². The summed E-state index contributed by atoms with van der Waals surface area (Å²) in [7, 11) is 0. The molecule has 0 bridgehead atoms. The molecule has 28 heavy (non-hydrogen) atoms. The third kappa shape index (κ3) is 4.48. The first-order valence-electron chi connectivity index (χ1n) is 11.0. The SMILES string of the molecule is O=C(CCC1CCN(C(=O)C2CC=CCC2)CC1)N1CCc2ccccc2C1. The highest BCUT2D eigenvalue weighted by Crippen LogP contribution is 2.27. The predicted molar refractivity (Wildman–Crippen MR) is 111 cm³/mol.